The number of nitrogens with zero attached hydrogens (tertiary/aromatic N) is 1. The Hall–Kier alpha value is -1.79. The molecule has 0 aliphatic carbocycles. The highest BCUT2D eigenvalue weighted by Gasteiger charge is 2.33. The zero-order chi connectivity index (χ0) is 18.7. The van der Waals surface area contributed by atoms with E-state index in [4.69, 9.17) is 11.6 Å². The van der Waals surface area contributed by atoms with Crippen molar-refractivity contribution in [2.45, 2.75) is 32.2 Å². The fourth-order valence-corrected chi connectivity index (χ4v) is 5.29. The molecule has 1 unspecified atom stereocenters. The van der Waals surface area contributed by atoms with Crippen LogP contribution in [0.2, 0.25) is 5.02 Å². The molecular formula is C19H23ClN2O3S. The Morgan fingerprint density at radius 2 is 1.96 bits per heavy atom. The number of aromatic amines is 1. The summed E-state index contributed by atoms with van der Waals surface area (Å²) in [4.78, 5) is 17.6. The van der Waals surface area contributed by atoms with Crippen LogP contribution >= 0.6 is 11.6 Å². The van der Waals surface area contributed by atoms with Gasteiger partial charge in [-0.25, -0.2) is 8.42 Å². The summed E-state index contributed by atoms with van der Waals surface area (Å²) >= 11 is 5.91. The van der Waals surface area contributed by atoms with Gasteiger partial charge in [-0.2, -0.15) is 0 Å². The second kappa shape index (κ2) is 7.84. The van der Waals surface area contributed by atoms with E-state index in [0.717, 1.165) is 17.0 Å². The van der Waals surface area contributed by atoms with Gasteiger partial charge in [0.1, 0.15) is 0 Å². The molecule has 140 valence electrons. The van der Waals surface area contributed by atoms with Crippen LogP contribution in [0.25, 0.3) is 11.3 Å². The number of hydrogen-bond donors (Lipinski definition) is 1. The number of benzene rings is 1. The Morgan fingerprint density at radius 1 is 1.23 bits per heavy atom. The molecule has 1 N–H and O–H groups in total. The van der Waals surface area contributed by atoms with Gasteiger partial charge in [0.25, 0.3) is 0 Å². The minimum Gasteiger partial charge on any atom is -0.358 e. The van der Waals surface area contributed by atoms with Crippen molar-refractivity contribution in [1.82, 2.24) is 9.88 Å². The second-order valence-corrected chi connectivity index (χ2v) is 9.31. The fourth-order valence-electron chi connectivity index (χ4n) is 3.43. The number of hydrogen-bond acceptors (Lipinski definition) is 3. The summed E-state index contributed by atoms with van der Waals surface area (Å²) in [5.74, 6) is 0.287. The van der Waals surface area contributed by atoms with Crippen molar-refractivity contribution in [2.24, 2.45) is 0 Å². The number of rotatable bonds is 6. The number of carbonyl (C=O) groups excluding carboxylic acids is 1. The predicted octanol–water partition coefficient (Wildman–Crippen LogP) is 3.30. The maximum Gasteiger partial charge on any atom is 0.223 e. The van der Waals surface area contributed by atoms with Crippen LogP contribution in [0.15, 0.2) is 36.4 Å². The summed E-state index contributed by atoms with van der Waals surface area (Å²) in [7, 11) is -2.99. The molecule has 2 heterocycles. The molecule has 26 heavy (non-hydrogen) atoms. The first kappa shape index (κ1) is 19.0. The summed E-state index contributed by atoms with van der Waals surface area (Å²) in [6, 6.07) is 11.4. The van der Waals surface area contributed by atoms with Crippen molar-refractivity contribution in [1.29, 1.82) is 0 Å². The van der Waals surface area contributed by atoms with Crippen LogP contribution in [0.1, 0.15) is 25.5 Å². The molecule has 0 radical (unpaired) electrons. The third-order valence-electron chi connectivity index (χ3n) is 4.82. The Bertz CT molecular complexity index is 874. The van der Waals surface area contributed by atoms with Crippen LogP contribution < -0.4 is 0 Å². The van der Waals surface area contributed by atoms with Crippen LogP contribution in [0.3, 0.4) is 0 Å². The van der Waals surface area contributed by atoms with Gasteiger partial charge in [0.05, 0.1) is 11.5 Å². The zero-order valence-corrected chi connectivity index (χ0v) is 16.3. The molecule has 1 aliphatic heterocycles. The number of sulfone groups is 1. The van der Waals surface area contributed by atoms with Crippen molar-refractivity contribution >= 4 is 27.3 Å². The first-order valence-corrected chi connectivity index (χ1v) is 11.0. The van der Waals surface area contributed by atoms with E-state index in [1.165, 1.54) is 0 Å². The molecular weight excluding hydrogens is 372 g/mol. The average Bonchev–Trinajstić information content (AvgIpc) is 3.21. The van der Waals surface area contributed by atoms with Crippen molar-refractivity contribution in [3.63, 3.8) is 0 Å². The van der Waals surface area contributed by atoms with Crippen molar-refractivity contribution in [3.8, 4) is 11.3 Å². The molecule has 0 spiro atoms. The largest absolute Gasteiger partial charge is 0.358 e. The van der Waals surface area contributed by atoms with E-state index in [2.05, 4.69) is 4.98 Å². The normalized spacial score (nSPS) is 18.8. The molecule has 1 amide bonds. The molecule has 1 aliphatic rings. The van der Waals surface area contributed by atoms with Gasteiger partial charge in [-0.1, -0.05) is 23.7 Å². The van der Waals surface area contributed by atoms with Crippen LogP contribution in [-0.2, 0) is 21.1 Å². The van der Waals surface area contributed by atoms with Crippen LogP contribution in [-0.4, -0.2) is 48.3 Å². The number of carbonyl (C=O) groups is 1. The highest BCUT2D eigenvalue weighted by atomic mass is 35.5. The second-order valence-electron chi connectivity index (χ2n) is 6.64. The van der Waals surface area contributed by atoms with Crippen LogP contribution in [0.4, 0.5) is 0 Å². The highest BCUT2D eigenvalue weighted by molar-refractivity contribution is 7.91. The van der Waals surface area contributed by atoms with Gasteiger partial charge in [0.2, 0.25) is 5.91 Å². The Balaban J connectivity index is 1.60. The minimum atomic E-state index is -2.99. The molecule has 2 aromatic rings. The topological polar surface area (TPSA) is 70.2 Å². The standard InChI is InChI=1S/C19H23ClN2O3S/c1-2-22(17-11-12-26(24,25)13-17)19(23)10-8-16-7-9-18(21-16)14-3-5-15(20)6-4-14/h3-7,9,17,21H,2,8,10-13H2,1H3. The van der Waals surface area contributed by atoms with Gasteiger partial charge in [-0.3, -0.25) is 4.79 Å². The summed E-state index contributed by atoms with van der Waals surface area (Å²) < 4.78 is 23.3. The summed E-state index contributed by atoms with van der Waals surface area (Å²) in [6.07, 6.45) is 1.51. The molecule has 3 rings (SSSR count). The lowest BCUT2D eigenvalue weighted by Gasteiger charge is -2.26. The average molecular weight is 395 g/mol. The SMILES string of the molecule is CCN(C(=O)CCc1ccc(-c2ccc(Cl)cc2)[nH]1)C1CCS(=O)(=O)C1. The Kier molecular flexibility index (Phi) is 5.73. The number of aromatic nitrogens is 1. The van der Waals surface area contributed by atoms with Gasteiger partial charge in [0, 0.05) is 35.4 Å². The van der Waals surface area contributed by atoms with Crippen molar-refractivity contribution in [2.75, 3.05) is 18.1 Å². The third-order valence-corrected chi connectivity index (χ3v) is 6.82. The zero-order valence-electron chi connectivity index (χ0n) is 14.7. The van der Waals surface area contributed by atoms with E-state index in [9.17, 15) is 13.2 Å². The van der Waals surface area contributed by atoms with Gasteiger partial charge in [-0.15, -0.1) is 0 Å². The van der Waals surface area contributed by atoms with E-state index in [1.54, 1.807) is 4.90 Å². The van der Waals surface area contributed by atoms with E-state index in [0.29, 0.717) is 30.8 Å². The highest BCUT2D eigenvalue weighted by Crippen LogP contribution is 2.22. The molecule has 1 atom stereocenters. The molecule has 1 fully saturated rings. The van der Waals surface area contributed by atoms with Gasteiger partial charge >= 0.3 is 0 Å². The fraction of sp³-hybridized carbons (Fsp3) is 0.421. The smallest absolute Gasteiger partial charge is 0.223 e. The monoisotopic (exact) mass is 394 g/mol. The first-order chi connectivity index (χ1) is 12.4. The Morgan fingerprint density at radius 3 is 2.58 bits per heavy atom. The maximum absolute atomic E-state index is 12.6. The Labute approximate surface area is 159 Å². The number of nitrogens with one attached hydrogen (secondary N) is 1. The minimum absolute atomic E-state index is 0.0113. The molecule has 7 heteroatoms. The molecule has 1 aromatic carbocycles. The molecule has 0 saturated carbocycles. The quantitative estimate of drug-likeness (QED) is 0.817. The lowest BCUT2D eigenvalue weighted by Crippen LogP contribution is -2.41. The number of aryl methyl sites for hydroxylation is 1. The molecule has 0 bridgehead atoms. The van der Waals surface area contributed by atoms with Gasteiger partial charge in [0.15, 0.2) is 9.84 Å². The molecule has 1 aromatic heterocycles. The molecule has 1 saturated heterocycles. The van der Waals surface area contributed by atoms with E-state index in [-0.39, 0.29) is 23.5 Å². The summed E-state index contributed by atoms with van der Waals surface area (Å²) in [6.45, 7) is 2.44. The van der Waals surface area contributed by atoms with Crippen LogP contribution in [0.5, 0.6) is 0 Å². The maximum atomic E-state index is 12.6. The lowest BCUT2D eigenvalue weighted by atomic mass is 10.1. The first-order valence-electron chi connectivity index (χ1n) is 8.81. The predicted molar refractivity (Wildman–Crippen MR) is 104 cm³/mol. The third kappa shape index (κ3) is 4.48. The van der Waals surface area contributed by atoms with Gasteiger partial charge < -0.3 is 9.88 Å². The molecule has 5 nitrogen and oxygen atoms in total. The number of H-pyrrole nitrogens is 1. The lowest BCUT2D eigenvalue weighted by molar-refractivity contribution is -0.132. The van der Waals surface area contributed by atoms with E-state index >= 15 is 0 Å². The number of halogens is 1. The van der Waals surface area contributed by atoms with Gasteiger partial charge in [-0.05, 0) is 49.6 Å². The van der Waals surface area contributed by atoms with Crippen molar-refractivity contribution in [3.05, 3.63) is 47.1 Å². The number of amides is 1. The van der Waals surface area contributed by atoms with Crippen molar-refractivity contribution < 1.29 is 13.2 Å². The summed E-state index contributed by atoms with van der Waals surface area (Å²) in [5.41, 5.74) is 3.01. The van der Waals surface area contributed by atoms with E-state index < -0.39 is 9.84 Å². The van der Waals surface area contributed by atoms with E-state index in [1.807, 2.05) is 43.3 Å². The summed E-state index contributed by atoms with van der Waals surface area (Å²) in [5, 5.41) is 0.694. The van der Waals surface area contributed by atoms with Crippen LogP contribution in [0, 0.1) is 0 Å².